The van der Waals surface area contributed by atoms with Crippen molar-refractivity contribution in [2.75, 3.05) is 32.8 Å². The van der Waals surface area contributed by atoms with Gasteiger partial charge in [-0.1, -0.05) is 30.3 Å². The Morgan fingerprint density at radius 3 is 2.41 bits per heavy atom. The van der Waals surface area contributed by atoms with E-state index in [4.69, 9.17) is 4.74 Å². The molecule has 6 nitrogen and oxygen atoms in total. The number of ether oxygens (including phenoxy) is 1. The topological polar surface area (TPSA) is 53.8 Å². The fraction of sp³-hybridized carbons (Fsp3) is 0.375. The number of imidazole rings is 1. The molecule has 3 aromatic rings. The van der Waals surface area contributed by atoms with Crippen molar-refractivity contribution in [1.29, 1.82) is 0 Å². The molecule has 0 spiro atoms. The van der Waals surface area contributed by atoms with Gasteiger partial charge in [-0.25, -0.2) is 13.8 Å². The highest BCUT2D eigenvalue weighted by Crippen LogP contribution is 2.16. The van der Waals surface area contributed by atoms with Crippen LogP contribution in [0.2, 0.25) is 0 Å². The van der Waals surface area contributed by atoms with Gasteiger partial charge in [0.05, 0.1) is 6.54 Å². The van der Waals surface area contributed by atoms with E-state index in [1.165, 1.54) is 29.8 Å². The summed E-state index contributed by atoms with van der Waals surface area (Å²) < 4.78 is 35.2. The van der Waals surface area contributed by atoms with E-state index in [-0.39, 0.29) is 12.4 Å². The van der Waals surface area contributed by atoms with Crippen LogP contribution in [0.3, 0.4) is 0 Å². The maximum Gasteiger partial charge on any atom is 0.183 e. The second kappa shape index (κ2) is 10.7. The van der Waals surface area contributed by atoms with Crippen molar-refractivity contribution in [3.8, 4) is 5.75 Å². The molecule has 0 radical (unpaired) electrons. The number of piperazine rings is 1. The molecular weight excluding hydrogens is 414 g/mol. The Balaban J connectivity index is 1.23. The Labute approximate surface area is 186 Å². The van der Waals surface area contributed by atoms with Crippen molar-refractivity contribution in [3.63, 3.8) is 0 Å². The zero-order chi connectivity index (χ0) is 22.3. The summed E-state index contributed by atoms with van der Waals surface area (Å²) in [6, 6.07) is 15.7. The molecule has 2 aromatic carbocycles. The predicted molar refractivity (Wildman–Crippen MR) is 117 cm³/mol. The SMILES string of the molecule is O[C@@H](COc1ccc(F)cc1)C(F)N1CCN(Cc2nccn2Cc2ccccc2)CC1. The summed E-state index contributed by atoms with van der Waals surface area (Å²) in [4.78, 5) is 8.38. The van der Waals surface area contributed by atoms with Crippen LogP contribution in [0.25, 0.3) is 0 Å². The third-order valence-electron chi connectivity index (χ3n) is 5.67. The third-order valence-corrected chi connectivity index (χ3v) is 5.67. The van der Waals surface area contributed by atoms with E-state index in [1.54, 1.807) is 4.90 Å². The van der Waals surface area contributed by atoms with Crippen LogP contribution in [0.5, 0.6) is 5.75 Å². The number of halogens is 2. The van der Waals surface area contributed by atoms with E-state index in [2.05, 4.69) is 26.6 Å². The smallest absolute Gasteiger partial charge is 0.183 e. The van der Waals surface area contributed by atoms with E-state index < -0.39 is 12.4 Å². The fourth-order valence-electron chi connectivity index (χ4n) is 3.82. The Kier molecular flexibility index (Phi) is 7.47. The summed E-state index contributed by atoms with van der Waals surface area (Å²) in [5, 5.41) is 10.2. The Hall–Kier alpha value is -2.81. The van der Waals surface area contributed by atoms with Gasteiger partial charge in [0.15, 0.2) is 6.30 Å². The highest BCUT2D eigenvalue weighted by molar-refractivity contribution is 5.22. The molecule has 2 heterocycles. The van der Waals surface area contributed by atoms with Gasteiger partial charge in [0.1, 0.15) is 30.1 Å². The van der Waals surface area contributed by atoms with Crippen LogP contribution in [-0.4, -0.2) is 69.6 Å². The van der Waals surface area contributed by atoms with Crippen molar-refractivity contribution >= 4 is 0 Å². The zero-order valence-corrected chi connectivity index (χ0v) is 17.9. The number of benzene rings is 2. The lowest BCUT2D eigenvalue weighted by molar-refractivity contribution is -0.0637. The highest BCUT2D eigenvalue weighted by Gasteiger charge is 2.29. The van der Waals surface area contributed by atoms with Crippen molar-refractivity contribution < 1.29 is 18.6 Å². The van der Waals surface area contributed by atoms with E-state index in [9.17, 15) is 13.9 Å². The summed E-state index contributed by atoms with van der Waals surface area (Å²) in [6.45, 7) is 3.66. The van der Waals surface area contributed by atoms with E-state index in [0.29, 0.717) is 38.5 Å². The van der Waals surface area contributed by atoms with Crippen LogP contribution < -0.4 is 4.74 Å². The molecule has 0 bridgehead atoms. The Bertz CT molecular complexity index is 960. The molecule has 2 atom stereocenters. The Morgan fingerprint density at radius 1 is 0.969 bits per heavy atom. The number of aliphatic hydroxyl groups is 1. The molecule has 1 aliphatic rings. The molecule has 32 heavy (non-hydrogen) atoms. The lowest BCUT2D eigenvalue weighted by Gasteiger charge is -2.37. The van der Waals surface area contributed by atoms with Crippen LogP contribution in [0.1, 0.15) is 11.4 Å². The van der Waals surface area contributed by atoms with Gasteiger partial charge in [0, 0.05) is 45.1 Å². The third kappa shape index (κ3) is 5.91. The molecule has 0 aliphatic carbocycles. The first-order valence-corrected chi connectivity index (χ1v) is 10.8. The normalized spacial score (nSPS) is 17.2. The highest BCUT2D eigenvalue weighted by atomic mass is 19.1. The average molecular weight is 443 g/mol. The van der Waals surface area contributed by atoms with E-state index >= 15 is 0 Å². The molecule has 1 aliphatic heterocycles. The van der Waals surface area contributed by atoms with Crippen LogP contribution in [0.15, 0.2) is 67.0 Å². The summed E-state index contributed by atoms with van der Waals surface area (Å²) >= 11 is 0. The number of alkyl halides is 1. The zero-order valence-electron chi connectivity index (χ0n) is 17.9. The largest absolute Gasteiger partial charge is 0.491 e. The van der Waals surface area contributed by atoms with Gasteiger partial charge < -0.3 is 14.4 Å². The molecule has 170 valence electrons. The average Bonchev–Trinajstić information content (AvgIpc) is 3.25. The molecular formula is C24H28F2N4O2. The standard InChI is InChI=1S/C24H28F2N4O2/c25-20-6-8-21(9-7-20)32-18-22(31)24(26)29-14-12-28(13-15-29)17-23-27-10-11-30(23)16-19-4-2-1-3-5-19/h1-11,22,24,31H,12-18H2/t22-,24?/m0/s1. The van der Waals surface area contributed by atoms with Crippen LogP contribution in [0, 0.1) is 5.82 Å². The summed E-state index contributed by atoms with van der Waals surface area (Å²) in [5.74, 6) is 1.00. The van der Waals surface area contributed by atoms with Crippen molar-refractivity contribution in [2.45, 2.75) is 25.5 Å². The first kappa shape index (κ1) is 22.4. The number of aliphatic hydroxyl groups excluding tert-OH is 1. The number of hydrogen-bond donors (Lipinski definition) is 1. The second-order valence-electron chi connectivity index (χ2n) is 7.97. The molecule has 1 aromatic heterocycles. The number of nitrogens with zero attached hydrogens (tertiary/aromatic N) is 4. The summed E-state index contributed by atoms with van der Waals surface area (Å²) in [6.07, 6.45) is 0.992. The van der Waals surface area contributed by atoms with Gasteiger partial charge in [-0.2, -0.15) is 0 Å². The lowest BCUT2D eigenvalue weighted by Crippen LogP contribution is -2.52. The molecule has 1 saturated heterocycles. The molecule has 0 saturated carbocycles. The number of hydrogen-bond acceptors (Lipinski definition) is 5. The first-order chi connectivity index (χ1) is 15.6. The molecule has 1 N–H and O–H groups in total. The maximum absolute atomic E-state index is 14.8. The minimum Gasteiger partial charge on any atom is -0.491 e. The van der Waals surface area contributed by atoms with Gasteiger partial charge in [-0.15, -0.1) is 0 Å². The van der Waals surface area contributed by atoms with Crippen molar-refractivity contribution in [1.82, 2.24) is 19.4 Å². The number of aromatic nitrogens is 2. The molecule has 0 amide bonds. The predicted octanol–water partition coefficient (Wildman–Crippen LogP) is 2.92. The van der Waals surface area contributed by atoms with E-state index in [0.717, 1.165) is 12.4 Å². The minimum absolute atomic E-state index is 0.191. The lowest BCUT2D eigenvalue weighted by atomic mass is 10.2. The molecule has 1 unspecified atom stereocenters. The second-order valence-corrected chi connectivity index (χ2v) is 7.97. The van der Waals surface area contributed by atoms with Gasteiger partial charge in [-0.05, 0) is 29.8 Å². The summed E-state index contributed by atoms with van der Waals surface area (Å²) in [7, 11) is 0. The quantitative estimate of drug-likeness (QED) is 0.517. The minimum atomic E-state index is -1.52. The van der Waals surface area contributed by atoms with Gasteiger partial charge in [0.2, 0.25) is 0 Å². The monoisotopic (exact) mass is 442 g/mol. The van der Waals surface area contributed by atoms with Crippen molar-refractivity contribution in [2.24, 2.45) is 0 Å². The van der Waals surface area contributed by atoms with Crippen LogP contribution in [-0.2, 0) is 13.1 Å². The van der Waals surface area contributed by atoms with Gasteiger partial charge in [0.25, 0.3) is 0 Å². The fourth-order valence-corrected chi connectivity index (χ4v) is 3.82. The first-order valence-electron chi connectivity index (χ1n) is 10.8. The van der Waals surface area contributed by atoms with Gasteiger partial charge in [-0.3, -0.25) is 9.80 Å². The maximum atomic E-state index is 14.8. The molecule has 8 heteroatoms. The van der Waals surface area contributed by atoms with Crippen LogP contribution >= 0.6 is 0 Å². The van der Waals surface area contributed by atoms with Gasteiger partial charge >= 0.3 is 0 Å². The Morgan fingerprint density at radius 2 is 1.69 bits per heavy atom. The molecule has 1 fully saturated rings. The number of rotatable bonds is 9. The van der Waals surface area contributed by atoms with E-state index in [1.807, 2.05) is 30.6 Å². The molecule has 4 rings (SSSR count). The summed E-state index contributed by atoms with van der Waals surface area (Å²) in [5.41, 5.74) is 1.22. The van der Waals surface area contributed by atoms with Crippen LogP contribution in [0.4, 0.5) is 8.78 Å². The van der Waals surface area contributed by atoms with Crippen molar-refractivity contribution in [3.05, 3.63) is 84.2 Å².